The number of rotatable bonds is 43. The van der Waals surface area contributed by atoms with Gasteiger partial charge in [-0.3, -0.25) is 14.4 Å². The third-order valence-electron chi connectivity index (χ3n) is 10.1. The molecule has 0 heterocycles. The van der Waals surface area contributed by atoms with Crippen molar-refractivity contribution < 1.29 is 28.6 Å². The van der Waals surface area contributed by atoms with Crippen LogP contribution in [-0.4, -0.2) is 37.2 Å². The predicted molar refractivity (Wildman–Crippen MR) is 283 cm³/mol. The summed E-state index contributed by atoms with van der Waals surface area (Å²) < 4.78 is 16.7. The first-order valence-corrected chi connectivity index (χ1v) is 25.7. The van der Waals surface area contributed by atoms with Crippen LogP contribution in [0.4, 0.5) is 0 Å². The second-order valence-electron chi connectivity index (χ2n) is 16.3. The molecule has 366 valence electrons. The molecule has 0 aromatic carbocycles. The Morgan fingerprint density at radius 3 is 0.939 bits per heavy atom. The van der Waals surface area contributed by atoms with E-state index in [0.717, 1.165) is 83.5 Å². The lowest BCUT2D eigenvalue weighted by Crippen LogP contribution is -2.30. The van der Waals surface area contributed by atoms with Crippen LogP contribution in [0.1, 0.15) is 181 Å². The highest BCUT2D eigenvalue weighted by atomic mass is 16.6. The van der Waals surface area contributed by atoms with Crippen molar-refractivity contribution in [1.82, 2.24) is 0 Å². The zero-order valence-corrected chi connectivity index (χ0v) is 41.6. The van der Waals surface area contributed by atoms with Crippen molar-refractivity contribution in [2.75, 3.05) is 13.2 Å². The van der Waals surface area contributed by atoms with Gasteiger partial charge < -0.3 is 14.2 Å². The maximum Gasteiger partial charge on any atom is 0.306 e. The van der Waals surface area contributed by atoms with Crippen molar-refractivity contribution in [1.29, 1.82) is 0 Å². The standard InChI is InChI=1S/C60H90O6/c1-4-7-10-13-16-19-22-25-27-29-30-31-33-35-38-41-44-47-50-53-59(62)65-56-57(55-64-58(61)52-49-46-43-40-37-34-24-21-18-15-12-9-6-3)66-60(63)54-51-48-45-42-39-36-32-28-26-23-20-17-14-11-8-5-2/h7,9-10,12-13,15-16,18-19,21-22,24-25,27-39,57H,4-6,8,11,14,17,20,23,26,40-56H2,1-3H3/b10-7+,12-9+,16-13+,18-15+,22-19+,24-21+,27-25+,30-29+,32-28+,33-31+,37-34+,38-35+,39-36+. The van der Waals surface area contributed by atoms with Crippen LogP contribution in [0.5, 0.6) is 0 Å². The van der Waals surface area contributed by atoms with E-state index < -0.39 is 6.10 Å². The molecule has 0 aliphatic carbocycles. The number of allylic oxidation sites excluding steroid dienone is 26. The molecule has 0 aliphatic rings. The van der Waals surface area contributed by atoms with Crippen molar-refractivity contribution in [3.05, 3.63) is 158 Å². The van der Waals surface area contributed by atoms with Gasteiger partial charge >= 0.3 is 17.9 Å². The fourth-order valence-electron chi connectivity index (χ4n) is 6.25. The number of hydrogen-bond donors (Lipinski definition) is 0. The molecule has 0 radical (unpaired) electrons. The van der Waals surface area contributed by atoms with Gasteiger partial charge in [0.05, 0.1) is 0 Å². The SMILES string of the molecule is CC/C=C/C=C/C=C/C=C/C=C/C=C/C=C/CCCCCC(=O)OCC(COC(=O)CCCCC/C=C/C=C/C=C/C=C/CC)OC(=O)CCCCC/C=C/C=C/CCCCCCCCC. The van der Waals surface area contributed by atoms with E-state index in [1.165, 1.54) is 44.9 Å². The van der Waals surface area contributed by atoms with E-state index in [1.54, 1.807) is 0 Å². The molecule has 0 aromatic heterocycles. The molecular formula is C60H90O6. The Morgan fingerprint density at radius 2 is 0.591 bits per heavy atom. The first-order chi connectivity index (χ1) is 32.5. The quantitative estimate of drug-likeness (QED) is 0.0262. The van der Waals surface area contributed by atoms with E-state index in [9.17, 15) is 14.4 Å². The average Bonchev–Trinajstić information content (AvgIpc) is 3.31. The van der Waals surface area contributed by atoms with Gasteiger partial charge in [-0.15, -0.1) is 0 Å². The summed E-state index contributed by atoms with van der Waals surface area (Å²) in [6.07, 6.45) is 76.5. The van der Waals surface area contributed by atoms with Crippen LogP contribution in [-0.2, 0) is 28.6 Å². The van der Waals surface area contributed by atoms with E-state index in [-0.39, 0.29) is 50.4 Å². The zero-order chi connectivity index (χ0) is 47.9. The molecule has 0 saturated heterocycles. The molecule has 1 atom stereocenters. The minimum atomic E-state index is -0.835. The number of hydrogen-bond acceptors (Lipinski definition) is 6. The fourth-order valence-corrected chi connectivity index (χ4v) is 6.25. The molecule has 0 aliphatic heterocycles. The summed E-state index contributed by atoms with van der Waals surface area (Å²) in [5, 5.41) is 0. The number of ether oxygens (including phenoxy) is 3. The number of unbranched alkanes of at least 4 members (excludes halogenated alkanes) is 16. The molecule has 0 spiro atoms. The Labute approximate surface area is 403 Å². The molecule has 6 nitrogen and oxygen atoms in total. The molecule has 0 aromatic rings. The second-order valence-corrected chi connectivity index (χ2v) is 16.3. The average molecular weight is 907 g/mol. The van der Waals surface area contributed by atoms with Crippen molar-refractivity contribution >= 4 is 17.9 Å². The van der Waals surface area contributed by atoms with Gasteiger partial charge in [-0.2, -0.15) is 0 Å². The third kappa shape index (κ3) is 50.0. The van der Waals surface area contributed by atoms with E-state index in [0.29, 0.717) is 12.8 Å². The summed E-state index contributed by atoms with van der Waals surface area (Å²) in [4.78, 5) is 38.0. The number of carbonyl (C=O) groups excluding carboxylic acids is 3. The smallest absolute Gasteiger partial charge is 0.306 e. The Balaban J connectivity index is 4.63. The van der Waals surface area contributed by atoms with Gasteiger partial charge in [0.2, 0.25) is 0 Å². The molecule has 0 amide bonds. The topological polar surface area (TPSA) is 78.9 Å². The lowest BCUT2D eigenvalue weighted by molar-refractivity contribution is -0.167. The lowest BCUT2D eigenvalue weighted by Gasteiger charge is -2.18. The first-order valence-electron chi connectivity index (χ1n) is 25.7. The molecular weight excluding hydrogens is 817 g/mol. The van der Waals surface area contributed by atoms with Crippen LogP contribution in [0.3, 0.4) is 0 Å². The predicted octanol–water partition coefficient (Wildman–Crippen LogP) is 17.0. The van der Waals surface area contributed by atoms with Crippen molar-refractivity contribution in [3.63, 3.8) is 0 Å². The van der Waals surface area contributed by atoms with Crippen molar-refractivity contribution in [2.24, 2.45) is 0 Å². The summed E-state index contributed by atoms with van der Waals surface area (Å²) in [6, 6.07) is 0. The molecule has 0 rings (SSSR count). The van der Waals surface area contributed by atoms with Gasteiger partial charge in [-0.05, 0) is 83.5 Å². The summed E-state index contributed by atoms with van der Waals surface area (Å²) in [5.74, 6) is -1.05. The van der Waals surface area contributed by atoms with Gasteiger partial charge in [-0.1, -0.05) is 237 Å². The minimum absolute atomic E-state index is 0.132. The largest absolute Gasteiger partial charge is 0.462 e. The monoisotopic (exact) mass is 907 g/mol. The van der Waals surface area contributed by atoms with Crippen LogP contribution >= 0.6 is 0 Å². The third-order valence-corrected chi connectivity index (χ3v) is 10.1. The Kier molecular flexibility index (Phi) is 48.7. The van der Waals surface area contributed by atoms with Gasteiger partial charge in [-0.25, -0.2) is 0 Å². The van der Waals surface area contributed by atoms with E-state index in [4.69, 9.17) is 14.2 Å². The molecule has 1 unspecified atom stereocenters. The van der Waals surface area contributed by atoms with Crippen molar-refractivity contribution in [2.45, 2.75) is 187 Å². The summed E-state index contributed by atoms with van der Waals surface area (Å²) in [6.45, 7) is 6.22. The fraction of sp³-hybridized carbons (Fsp3) is 0.517. The second kappa shape index (κ2) is 52.7. The number of carbonyl (C=O) groups is 3. The highest BCUT2D eigenvalue weighted by Gasteiger charge is 2.19. The van der Waals surface area contributed by atoms with E-state index in [1.807, 2.05) is 109 Å². The minimum Gasteiger partial charge on any atom is -0.462 e. The molecule has 6 heteroatoms. The lowest BCUT2D eigenvalue weighted by atomic mass is 10.1. The van der Waals surface area contributed by atoms with Crippen LogP contribution in [0.15, 0.2) is 158 Å². The zero-order valence-electron chi connectivity index (χ0n) is 41.6. The van der Waals surface area contributed by atoms with Crippen LogP contribution in [0, 0.1) is 0 Å². The van der Waals surface area contributed by atoms with Gasteiger partial charge in [0.1, 0.15) is 13.2 Å². The summed E-state index contributed by atoms with van der Waals surface area (Å²) >= 11 is 0. The van der Waals surface area contributed by atoms with Crippen molar-refractivity contribution in [3.8, 4) is 0 Å². The first kappa shape index (κ1) is 61.0. The van der Waals surface area contributed by atoms with Gasteiger partial charge in [0.15, 0.2) is 6.10 Å². The number of esters is 3. The van der Waals surface area contributed by atoms with Gasteiger partial charge in [0, 0.05) is 19.3 Å². The summed E-state index contributed by atoms with van der Waals surface area (Å²) in [7, 11) is 0. The van der Waals surface area contributed by atoms with Gasteiger partial charge in [0.25, 0.3) is 0 Å². The Morgan fingerprint density at radius 1 is 0.318 bits per heavy atom. The normalized spacial score (nSPS) is 13.4. The molecule has 0 fully saturated rings. The maximum atomic E-state index is 12.8. The molecule has 66 heavy (non-hydrogen) atoms. The maximum absolute atomic E-state index is 12.8. The Hall–Kier alpha value is -4.97. The van der Waals surface area contributed by atoms with Crippen LogP contribution < -0.4 is 0 Å². The highest BCUT2D eigenvalue weighted by Crippen LogP contribution is 2.12. The van der Waals surface area contributed by atoms with Crippen LogP contribution in [0.25, 0.3) is 0 Å². The molecule has 0 bridgehead atoms. The van der Waals surface area contributed by atoms with E-state index >= 15 is 0 Å². The molecule has 0 saturated carbocycles. The molecule has 0 N–H and O–H groups in total. The van der Waals surface area contributed by atoms with E-state index in [2.05, 4.69) is 69.4 Å². The Bertz CT molecular complexity index is 1560. The summed E-state index contributed by atoms with van der Waals surface area (Å²) in [5.41, 5.74) is 0. The highest BCUT2D eigenvalue weighted by molar-refractivity contribution is 5.71. The van der Waals surface area contributed by atoms with Crippen LogP contribution in [0.2, 0.25) is 0 Å².